The average molecular weight is 346 g/mol. The minimum atomic E-state index is -0.521. The van der Waals surface area contributed by atoms with Crippen LogP contribution in [0, 0.1) is 5.92 Å². The van der Waals surface area contributed by atoms with E-state index in [4.69, 9.17) is 4.74 Å². The fourth-order valence-corrected chi connectivity index (χ4v) is 2.84. The first kappa shape index (κ1) is 19.0. The first-order valence-corrected chi connectivity index (χ1v) is 8.60. The molecule has 0 spiro atoms. The quantitative estimate of drug-likeness (QED) is 0.851. The zero-order chi connectivity index (χ0) is 18.4. The number of hydrogen-bond donors (Lipinski definition) is 1. The molecule has 0 radical (unpaired) electrons. The van der Waals surface area contributed by atoms with Crippen LogP contribution in [0.5, 0.6) is 0 Å². The van der Waals surface area contributed by atoms with Gasteiger partial charge in [0.15, 0.2) is 0 Å². The molecule has 0 bridgehead atoms. The van der Waals surface area contributed by atoms with E-state index in [0.29, 0.717) is 30.8 Å². The van der Waals surface area contributed by atoms with E-state index in [-0.39, 0.29) is 11.8 Å². The van der Waals surface area contributed by atoms with Gasteiger partial charge in [0.25, 0.3) is 5.91 Å². The summed E-state index contributed by atoms with van der Waals surface area (Å²) >= 11 is 0. The molecule has 136 valence electrons. The number of alkyl carbamates (subject to hydrolysis) is 1. The third kappa shape index (κ3) is 5.89. The summed E-state index contributed by atoms with van der Waals surface area (Å²) in [5, 5.41) is 2.79. The van der Waals surface area contributed by atoms with Crippen LogP contribution in [-0.4, -0.2) is 48.4 Å². The number of amides is 2. The largest absolute Gasteiger partial charge is 0.444 e. The van der Waals surface area contributed by atoms with Crippen molar-refractivity contribution in [2.75, 3.05) is 19.6 Å². The molecule has 1 aromatic rings. The number of ether oxygens (including phenoxy) is 1. The first-order chi connectivity index (χ1) is 11.8. The van der Waals surface area contributed by atoms with E-state index in [1.165, 1.54) is 0 Å². The molecule has 25 heavy (non-hydrogen) atoms. The summed E-state index contributed by atoms with van der Waals surface area (Å²) in [7, 11) is 0. The maximum absolute atomic E-state index is 12.6. The Balaban J connectivity index is 1.88. The average Bonchev–Trinajstić information content (AvgIpc) is 2.58. The summed E-state index contributed by atoms with van der Waals surface area (Å²) in [4.78, 5) is 36.9. The van der Waals surface area contributed by atoms with Gasteiger partial charge in [-0.2, -0.15) is 0 Å². The van der Waals surface area contributed by atoms with Crippen molar-refractivity contribution >= 4 is 18.3 Å². The number of aldehydes is 1. The molecule has 1 aromatic carbocycles. The Labute approximate surface area is 148 Å². The summed E-state index contributed by atoms with van der Waals surface area (Å²) in [6.45, 7) is 7.26. The van der Waals surface area contributed by atoms with E-state index in [1.807, 2.05) is 20.8 Å². The molecule has 0 aromatic heterocycles. The van der Waals surface area contributed by atoms with Crippen LogP contribution in [0.2, 0.25) is 0 Å². The number of carbonyl (C=O) groups is 3. The molecule has 6 nitrogen and oxygen atoms in total. The van der Waals surface area contributed by atoms with Gasteiger partial charge < -0.3 is 15.0 Å². The van der Waals surface area contributed by atoms with Crippen molar-refractivity contribution in [1.29, 1.82) is 0 Å². The summed E-state index contributed by atoms with van der Waals surface area (Å²) < 4.78 is 5.24. The molecular weight excluding hydrogens is 320 g/mol. The molecule has 2 rings (SSSR count). The Hall–Kier alpha value is -2.37. The molecule has 0 saturated carbocycles. The number of piperidine rings is 1. The zero-order valence-electron chi connectivity index (χ0n) is 15.1. The summed E-state index contributed by atoms with van der Waals surface area (Å²) in [6.07, 6.45) is 2.19. The summed E-state index contributed by atoms with van der Waals surface area (Å²) in [6, 6.07) is 6.64. The van der Waals surface area contributed by atoms with Gasteiger partial charge in [-0.15, -0.1) is 0 Å². The van der Waals surface area contributed by atoms with Crippen molar-refractivity contribution in [1.82, 2.24) is 10.2 Å². The molecule has 1 aliphatic heterocycles. The zero-order valence-corrected chi connectivity index (χ0v) is 15.1. The van der Waals surface area contributed by atoms with Gasteiger partial charge in [-0.1, -0.05) is 12.1 Å². The molecule has 6 heteroatoms. The predicted octanol–water partition coefficient (Wildman–Crippen LogP) is 2.88. The molecule has 2 amide bonds. The van der Waals surface area contributed by atoms with Gasteiger partial charge in [0, 0.05) is 30.8 Å². The smallest absolute Gasteiger partial charge is 0.407 e. The molecule has 1 aliphatic rings. The van der Waals surface area contributed by atoms with Crippen LogP contribution in [-0.2, 0) is 4.74 Å². The van der Waals surface area contributed by atoms with Crippen LogP contribution in [0.3, 0.4) is 0 Å². The Morgan fingerprint density at radius 1 is 1.28 bits per heavy atom. The number of nitrogens with zero attached hydrogens (tertiary/aromatic N) is 1. The number of benzene rings is 1. The van der Waals surface area contributed by atoms with Crippen molar-refractivity contribution in [2.45, 2.75) is 39.2 Å². The monoisotopic (exact) mass is 346 g/mol. The number of hydrogen-bond acceptors (Lipinski definition) is 4. The number of nitrogens with one attached hydrogen (secondary N) is 1. The molecule has 1 N–H and O–H groups in total. The van der Waals surface area contributed by atoms with E-state index in [9.17, 15) is 14.4 Å². The highest BCUT2D eigenvalue weighted by molar-refractivity contribution is 5.95. The van der Waals surface area contributed by atoms with Gasteiger partial charge in [0.1, 0.15) is 11.9 Å². The van der Waals surface area contributed by atoms with Crippen LogP contribution in [0.4, 0.5) is 4.79 Å². The lowest BCUT2D eigenvalue weighted by molar-refractivity contribution is 0.0502. The van der Waals surface area contributed by atoms with Crippen molar-refractivity contribution in [3.8, 4) is 0 Å². The highest BCUT2D eigenvalue weighted by Crippen LogP contribution is 2.18. The van der Waals surface area contributed by atoms with Crippen molar-refractivity contribution in [3.05, 3.63) is 35.4 Å². The van der Waals surface area contributed by atoms with Gasteiger partial charge >= 0.3 is 6.09 Å². The predicted molar refractivity (Wildman–Crippen MR) is 94.7 cm³/mol. The fourth-order valence-electron chi connectivity index (χ4n) is 2.84. The maximum Gasteiger partial charge on any atom is 0.407 e. The SMILES string of the molecule is CC(C)(C)OC(=O)NC[C@@H]1CCCN(C(=O)c2ccc(C=O)cc2)C1. The van der Waals surface area contributed by atoms with Crippen LogP contribution in [0.1, 0.15) is 54.3 Å². The van der Waals surface area contributed by atoms with Gasteiger partial charge in [0.05, 0.1) is 0 Å². The number of rotatable bonds is 4. The van der Waals surface area contributed by atoms with Crippen molar-refractivity contribution in [2.24, 2.45) is 5.92 Å². The molecule has 0 aliphatic carbocycles. The topological polar surface area (TPSA) is 75.7 Å². The second-order valence-corrected chi connectivity index (χ2v) is 7.38. The van der Waals surface area contributed by atoms with Gasteiger partial charge in [-0.3, -0.25) is 9.59 Å². The lowest BCUT2D eigenvalue weighted by Crippen LogP contribution is -2.44. The third-order valence-corrected chi connectivity index (χ3v) is 4.03. The first-order valence-electron chi connectivity index (χ1n) is 8.60. The molecule has 1 saturated heterocycles. The molecule has 1 atom stereocenters. The minimum absolute atomic E-state index is 0.0422. The maximum atomic E-state index is 12.6. The minimum Gasteiger partial charge on any atom is -0.444 e. The summed E-state index contributed by atoms with van der Waals surface area (Å²) in [5.41, 5.74) is 0.604. The van der Waals surface area contributed by atoms with E-state index in [1.54, 1.807) is 29.2 Å². The van der Waals surface area contributed by atoms with Crippen molar-refractivity contribution < 1.29 is 19.1 Å². The second kappa shape index (κ2) is 8.14. The van der Waals surface area contributed by atoms with E-state index in [0.717, 1.165) is 19.1 Å². The Morgan fingerprint density at radius 2 is 1.96 bits per heavy atom. The Morgan fingerprint density at radius 3 is 2.56 bits per heavy atom. The lowest BCUT2D eigenvalue weighted by atomic mass is 9.97. The standard InChI is InChI=1S/C19H26N2O4/c1-19(2,3)25-18(24)20-11-15-5-4-10-21(12-15)17(23)16-8-6-14(13-22)7-9-16/h6-9,13,15H,4-5,10-12H2,1-3H3,(H,20,24)/t15-/m0/s1. The molecule has 0 unspecified atom stereocenters. The van der Waals surface area contributed by atoms with Gasteiger partial charge in [-0.05, 0) is 51.7 Å². The normalized spacial score (nSPS) is 17.7. The highest BCUT2D eigenvalue weighted by atomic mass is 16.6. The van der Waals surface area contributed by atoms with Gasteiger partial charge in [0.2, 0.25) is 0 Å². The Bertz CT molecular complexity index is 619. The third-order valence-electron chi connectivity index (χ3n) is 4.03. The van der Waals surface area contributed by atoms with E-state index in [2.05, 4.69) is 5.32 Å². The van der Waals surface area contributed by atoms with E-state index < -0.39 is 11.7 Å². The van der Waals surface area contributed by atoms with Crippen LogP contribution in [0.15, 0.2) is 24.3 Å². The molecule has 1 heterocycles. The van der Waals surface area contributed by atoms with Gasteiger partial charge in [-0.25, -0.2) is 4.79 Å². The van der Waals surface area contributed by atoms with Crippen LogP contribution >= 0.6 is 0 Å². The molecule has 1 fully saturated rings. The summed E-state index contributed by atoms with van der Waals surface area (Å²) in [5.74, 6) is 0.166. The van der Waals surface area contributed by atoms with E-state index >= 15 is 0 Å². The van der Waals surface area contributed by atoms with Crippen LogP contribution < -0.4 is 5.32 Å². The number of likely N-dealkylation sites (tertiary alicyclic amines) is 1. The highest BCUT2D eigenvalue weighted by Gasteiger charge is 2.25. The molecular formula is C19H26N2O4. The second-order valence-electron chi connectivity index (χ2n) is 7.38. The fraction of sp³-hybridized carbons (Fsp3) is 0.526. The number of carbonyl (C=O) groups excluding carboxylic acids is 3. The van der Waals surface area contributed by atoms with Crippen molar-refractivity contribution in [3.63, 3.8) is 0 Å². The lowest BCUT2D eigenvalue weighted by Gasteiger charge is -2.33. The Kier molecular flexibility index (Phi) is 6.17. The van der Waals surface area contributed by atoms with Crippen LogP contribution in [0.25, 0.3) is 0 Å².